The summed E-state index contributed by atoms with van der Waals surface area (Å²) in [7, 11) is 0. The Kier molecular flexibility index (Phi) is 6.37. The Morgan fingerprint density at radius 1 is 1.47 bits per heavy atom. The van der Waals surface area contributed by atoms with Gasteiger partial charge >= 0.3 is 6.09 Å². The maximum atomic E-state index is 11.7. The Bertz CT molecular complexity index is 202. The van der Waals surface area contributed by atoms with Crippen LogP contribution < -0.4 is 0 Å². The van der Waals surface area contributed by atoms with Crippen molar-refractivity contribution in [2.45, 2.75) is 38.7 Å². The van der Waals surface area contributed by atoms with E-state index in [4.69, 9.17) is 27.9 Å². The van der Waals surface area contributed by atoms with E-state index >= 15 is 0 Å². The molecule has 0 saturated carbocycles. The molecular weight excluding hydrogens is 237 g/mol. The van der Waals surface area contributed by atoms with Crippen molar-refractivity contribution in [2.24, 2.45) is 0 Å². The molecule has 3 nitrogen and oxygen atoms in total. The zero-order valence-electron chi connectivity index (χ0n) is 9.72. The van der Waals surface area contributed by atoms with Crippen LogP contribution in [0.15, 0.2) is 0 Å². The number of hydrogen-bond donors (Lipinski definition) is 0. The molecule has 0 aromatic carbocycles. The van der Waals surface area contributed by atoms with Gasteiger partial charge in [-0.25, -0.2) is 4.79 Å². The molecule has 1 atom stereocenters. The molecule has 0 heterocycles. The second-order valence-corrected chi connectivity index (χ2v) is 5.52. The van der Waals surface area contributed by atoms with Gasteiger partial charge in [-0.2, -0.15) is 0 Å². The molecule has 0 aromatic rings. The summed E-state index contributed by atoms with van der Waals surface area (Å²) in [5, 5.41) is -0.110. The summed E-state index contributed by atoms with van der Waals surface area (Å²) < 4.78 is 5.22. The fraction of sp³-hybridized carbons (Fsp3) is 0.900. The largest absolute Gasteiger partial charge is 0.444 e. The van der Waals surface area contributed by atoms with Crippen LogP contribution in [-0.4, -0.2) is 40.9 Å². The second kappa shape index (κ2) is 6.44. The number of nitrogens with zero attached hydrogens (tertiary/aromatic N) is 1. The molecule has 0 aromatic heterocycles. The average Bonchev–Trinajstić information content (AvgIpc) is 1.99. The van der Waals surface area contributed by atoms with E-state index in [0.29, 0.717) is 19.0 Å². The standard InChI is InChI=1S/C10H19Cl2NO2/c1-8(12)7-13(6-5-11)9(14)15-10(2,3)4/h8H,5-7H2,1-4H3. The van der Waals surface area contributed by atoms with Gasteiger partial charge < -0.3 is 9.64 Å². The fourth-order valence-electron chi connectivity index (χ4n) is 0.989. The van der Waals surface area contributed by atoms with Gasteiger partial charge in [0.25, 0.3) is 0 Å². The van der Waals surface area contributed by atoms with Gasteiger partial charge in [-0.15, -0.1) is 23.2 Å². The quantitative estimate of drug-likeness (QED) is 0.723. The van der Waals surface area contributed by atoms with Gasteiger partial charge in [0, 0.05) is 24.3 Å². The van der Waals surface area contributed by atoms with E-state index in [0.717, 1.165) is 0 Å². The maximum absolute atomic E-state index is 11.7. The Labute approximate surface area is 102 Å². The lowest BCUT2D eigenvalue weighted by Crippen LogP contribution is -2.40. The Morgan fingerprint density at radius 2 is 2.00 bits per heavy atom. The Hall–Kier alpha value is -0.150. The molecule has 1 unspecified atom stereocenters. The smallest absolute Gasteiger partial charge is 0.410 e. The first-order valence-corrected chi connectivity index (χ1v) is 5.91. The third-order valence-corrected chi connectivity index (χ3v) is 1.79. The molecule has 0 fully saturated rings. The number of alkyl halides is 2. The highest BCUT2D eigenvalue weighted by Gasteiger charge is 2.22. The topological polar surface area (TPSA) is 29.5 Å². The first kappa shape index (κ1) is 14.8. The van der Waals surface area contributed by atoms with Crippen molar-refractivity contribution in [3.05, 3.63) is 0 Å². The molecule has 0 rings (SSSR count). The first-order chi connectivity index (χ1) is 6.76. The first-order valence-electron chi connectivity index (χ1n) is 4.94. The van der Waals surface area contributed by atoms with Crippen LogP contribution in [0.25, 0.3) is 0 Å². The molecule has 15 heavy (non-hydrogen) atoms. The Morgan fingerprint density at radius 3 is 2.33 bits per heavy atom. The van der Waals surface area contributed by atoms with Crippen LogP contribution in [0.1, 0.15) is 27.7 Å². The van der Waals surface area contributed by atoms with Crippen LogP contribution in [0.4, 0.5) is 4.79 Å². The van der Waals surface area contributed by atoms with E-state index in [1.165, 1.54) is 4.90 Å². The van der Waals surface area contributed by atoms with E-state index < -0.39 is 5.60 Å². The van der Waals surface area contributed by atoms with Crippen LogP contribution in [-0.2, 0) is 4.74 Å². The minimum absolute atomic E-state index is 0.110. The van der Waals surface area contributed by atoms with Gasteiger partial charge in [0.15, 0.2) is 0 Å². The predicted octanol–water partition coefficient (Wildman–Crippen LogP) is 3.09. The van der Waals surface area contributed by atoms with Crippen molar-refractivity contribution >= 4 is 29.3 Å². The molecule has 0 radical (unpaired) electrons. The highest BCUT2D eigenvalue weighted by atomic mass is 35.5. The molecular formula is C10H19Cl2NO2. The third-order valence-electron chi connectivity index (χ3n) is 1.48. The number of carbonyl (C=O) groups is 1. The van der Waals surface area contributed by atoms with Crippen LogP contribution in [0.3, 0.4) is 0 Å². The molecule has 1 amide bonds. The molecule has 0 aliphatic rings. The van der Waals surface area contributed by atoms with Crippen molar-refractivity contribution in [1.82, 2.24) is 4.90 Å². The van der Waals surface area contributed by atoms with E-state index in [1.807, 2.05) is 27.7 Å². The predicted molar refractivity (Wildman–Crippen MR) is 63.8 cm³/mol. The number of amides is 1. The van der Waals surface area contributed by atoms with E-state index in [9.17, 15) is 4.79 Å². The van der Waals surface area contributed by atoms with Crippen molar-refractivity contribution in [1.29, 1.82) is 0 Å². The van der Waals surface area contributed by atoms with Crippen LogP contribution in [0.2, 0.25) is 0 Å². The van der Waals surface area contributed by atoms with Gasteiger partial charge in [-0.3, -0.25) is 0 Å². The van der Waals surface area contributed by atoms with Crippen LogP contribution in [0.5, 0.6) is 0 Å². The number of halogens is 2. The molecule has 0 aliphatic heterocycles. The number of hydrogen-bond acceptors (Lipinski definition) is 2. The van der Waals surface area contributed by atoms with E-state index in [-0.39, 0.29) is 11.5 Å². The number of carbonyl (C=O) groups excluding carboxylic acids is 1. The maximum Gasteiger partial charge on any atom is 0.410 e. The summed E-state index contributed by atoms with van der Waals surface area (Å²) in [6.45, 7) is 8.21. The normalized spacial score (nSPS) is 13.5. The molecule has 0 N–H and O–H groups in total. The summed E-state index contributed by atoms with van der Waals surface area (Å²) in [6.07, 6.45) is -0.365. The molecule has 0 spiro atoms. The summed E-state index contributed by atoms with van der Waals surface area (Å²) in [4.78, 5) is 13.2. The number of rotatable bonds is 4. The van der Waals surface area contributed by atoms with Crippen LogP contribution >= 0.6 is 23.2 Å². The molecule has 0 bridgehead atoms. The lowest BCUT2D eigenvalue weighted by molar-refractivity contribution is 0.0263. The van der Waals surface area contributed by atoms with E-state index in [2.05, 4.69) is 0 Å². The van der Waals surface area contributed by atoms with Crippen molar-refractivity contribution in [3.8, 4) is 0 Å². The van der Waals surface area contributed by atoms with E-state index in [1.54, 1.807) is 0 Å². The van der Waals surface area contributed by atoms with Gasteiger partial charge in [0.1, 0.15) is 5.60 Å². The number of ether oxygens (including phenoxy) is 1. The summed E-state index contributed by atoms with van der Waals surface area (Å²) in [6, 6.07) is 0. The SMILES string of the molecule is CC(Cl)CN(CCCl)C(=O)OC(C)(C)C. The minimum Gasteiger partial charge on any atom is -0.444 e. The molecule has 90 valence electrons. The van der Waals surface area contributed by atoms with Gasteiger partial charge in [-0.05, 0) is 27.7 Å². The zero-order valence-corrected chi connectivity index (χ0v) is 11.2. The summed E-state index contributed by atoms with van der Waals surface area (Å²) >= 11 is 11.4. The summed E-state index contributed by atoms with van der Waals surface area (Å²) in [5.74, 6) is 0.378. The van der Waals surface area contributed by atoms with Crippen molar-refractivity contribution in [3.63, 3.8) is 0 Å². The second-order valence-electron chi connectivity index (χ2n) is 4.40. The average molecular weight is 256 g/mol. The van der Waals surface area contributed by atoms with Gasteiger partial charge in [0.05, 0.1) is 0 Å². The highest BCUT2D eigenvalue weighted by Crippen LogP contribution is 2.11. The van der Waals surface area contributed by atoms with Gasteiger partial charge in [0.2, 0.25) is 0 Å². The highest BCUT2D eigenvalue weighted by molar-refractivity contribution is 6.20. The zero-order chi connectivity index (χ0) is 12.1. The monoisotopic (exact) mass is 255 g/mol. The lowest BCUT2D eigenvalue weighted by Gasteiger charge is -2.27. The molecule has 0 saturated heterocycles. The molecule has 5 heteroatoms. The Balaban J connectivity index is 4.28. The van der Waals surface area contributed by atoms with Crippen molar-refractivity contribution < 1.29 is 9.53 Å². The van der Waals surface area contributed by atoms with Crippen molar-refractivity contribution in [2.75, 3.05) is 19.0 Å². The lowest BCUT2D eigenvalue weighted by atomic mass is 10.2. The third kappa shape index (κ3) is 7.74. The minimum atomic E-state index is -0.489. The summed E-state index contributed by atoms with van der Waals surface area (Å²) in [5.41, 5.74) is -0.489. The van der Waals surface area contributed by atoms with Crippen LogP contribution in [0, 0.1) is 0 Å². The molecule has 0 aliphatic carbocycles. The fourth-order valence-corrected chi connectivity index (χ4v) is 1.36. The van der Waals surface area contributed by atoms with Gasteiger partial charge in [-0.1, -0.05) is 0 Å².